The molecule has 6 heteroatoms. The van der Waals surface area contributed by atoms with Crippen molar-refractivity contribution in [1.29, 1.82) is 0 Å². The molecule has 148 valence electrons. The lowest BCUT2D eigenvalue weighted by atomic mass is 10.1. The van der Waals surface area contributed by atoms with Gasteiger partial charge in [0.1, 0.15) is 0 Å². The summed E-state index contributed by atoms with van der Waals surface area (Å²) in [5.41, 5.74) is 3.38. The van der Waals surface area contributed by atoms with Crippen molar-refractivity contribution in [2.45, 2.75) is 18.2 Å². The zero-order valence-electron chi connectivity index (χ0n) is 15.9. The standard InChI is InChI=1S/C23H21ClN2O2S/c1-16-7-8-18(24)14-21(16)26-23(28)15-29-20-11-9-19(10-12-20)25-22(27)13-17-5-3-2-4-6-17/h2-12,14H,13,15H2,1H3,(H,25,27)(H,26,28). The third-order valence-electron chi connectivity index (χ3n) is 4.19. The van der Waals surface area contributed by atoms with Crippen LogP contribution < -0.4 is 10.6 Å². The van der Waals surface area contributed by atoms with Crippen molar-refractivity contribution >= 4 is 46.6 Å². The molecule has 0 unspecified atom stereocenters. The number of aryl methyl sites for hydroxylation is 1. The van der Waals surface area contributed by atoms with E-state index >= 15 is 0 Å². The van der Waals surface area contributed by atoms with E-state index in [0.29, 0.717) is 11.4 Å². The largest absolute Gasteiger partial charge is 0.326 e. The predicted octanol–water partition coefficient (Wildman–Crippen LogP) is 5.56. The van der Waals surface area contributed by atoms with Crippen molar-refractivity contribution in [3.8, 4) is 0 Å². The van der Waals surface area contributed by atoms with E-state index in [4.69, 9.17) is 11.6 Å². The van der Waals surface area contributed by atoms with Gasteiger partial charge in [0.25, 0.3) is 0 Å². The first kappa shape index (κ1) is 21.0. The highest BCUT2D eigenvalue weighted by Gasteiger charge is 2.08. The van der Waals surface area contributed by atoms with Gasteiger partial charge in [-0.2, -0.15) is 0 Å². The van der Waals surface area contributed by atoms with Gasteiger partial charge < -0.3 is 10.6 Å². The number of amides is 2. The van der Waals surface area contributed by atoms with E-state index in [1.165, 1.54) is 11.8 Å². The molecule has 0 aliphatic rings. The molecular weight excluding hydrogens is 404 g/mol. The second kappa shape index (κ2) is 10.1. The molecule has 4 nitrogen and oxygen atoms in total. The van der Waals surface area contributed by atoms with Crippen LogP contribution in [0.3, 0.4) is 0 Å². The molecule has 0 saturated heterocycles. The number of hydrogen-bond donors (Lipinski definition) is 2. The summed E-state index contributed by atoms with van der Waals surface area (Å²) in [5.74, 6) is 0.125. The van der Waals surface area contributed by atoms with Crippen LogP contribution in [0, 0.1) is 6.92 Å². The van der Waals surface area contributed by atoms with Crippen molar-refractivity contribution in [2.75, 3.05) is 16.4 Å². The molecule has 3 rings (SSSR count). The number of hydrogen-bond acceptors (Lipinski definition) is 3. The van der Waals surface area contributed by atoms with Crippen LogP contribution in [0.4, 0.5) is 11.4 Å². The fourth-order valence-corrected chi connectivity index (χ4v) is 3.56. The van der Waals surface area contributed by atoms with Crippen molar-refractivity contribution in [1.82, 2.24) is 0 Å². The first-order valence-electron chi connectivity index (χ1n) is 9.12. The van der Waals surface area contributed by atoms with Crippen LogP contribution in [0.15, 0.2) is 77.7 Å². The van der Waals surface area contributed by atoms with Gasteiger partial charge in [0.05, 0.1) is 12.2 Å². The summed E-state index contributed by atoms with van der Waals surface area (Å²) in [6.45, 7) is 1.92. The molecule has 2 amide bonds. The van der Waals surface area contributed by atoms with Gasteiger partial charge in [-0.05, 0) is 54.4 Å². The highest BCUT2D eigenvalue weighted by Crippen LogP contribution is 2.23. The van der Waals surface area contributed by atoms with Crippen molar-refractivity contribution in [3.05, 3.63) is 88.9 Å². The van der Waals surface area contributed by atoms with Gasteiger partial charge in [-0.25, -0.2) is 0 Å². The molecule has 0 radical (unpaired) electrons. The number of halogens is 1. The van der Waals surface area contributed by atoms with Gasteiger partial charge in [-0.15, -0.1) is 11.8 Å². The third-order valence-corrected chi connectivity index (χ3v) is 5.44. The Balaban J connectivity index is 1.48. The van der Waals surface area contributed by atoms with Gasteiger partial charge in [0, 0.05) is 21.3 Å². The van der Waals surface area contributed by atoms with Gasteiger partial charge in [-0.3, -0.25) is 9.59 Å². The molecule has 2 N–H and O–H groups in total. The highest BCUT2D eigenvalue weighted by molar-refractivity contribution is 8.00. The third kappa shape index (κ3) is 6.66. The number of thioether (sulfide) groups is 1. The first-order chi connectivity index (χ1) is 14.0. The van der Waals surface area contributed by atoms with Crippen molar-refractivity contribution in [2.24, 2.45) is 0 Å². The molecule has 0 bridgehead atoms. The fraction of sp³-hybridized carbons (Fsp3) is 0.130. The van der Waals surface area contributed by atoms with E-state index in [1.54, 1.807) is 12.1 Å². The second-order valence-electron chi connectivity index (χ2n) is 6.53. The Morgan fingerprint density at radius 3 is 2.34 bits per heavy atom. The number of anilines is 2. The van der Waals surface area contributed by atoms with Crippen LogP contribution in [0.2, 0.25) is 5.02 Å². The molecule has 0 atom stereocenters. The Bertz CT molecular complexity index is 992. The maximum atomic E-state index is 12.2. The second-order valence-corrected chi connectivity index (χ2v) is 8.02. The summed E-state index contributed by atoms with van der Waals surface area (Å²) >= 11 is 7.41. The van der Waals surface area contributed by atoms with Gasteiger partial charge in [0.15, 0.2) is 0 Å². The lowest BCUT2D eigenvalue weighted by Gasteiger charge is -2.09. The molecule has 0 saturated carbocycles. The van der Waals surface area contributed by atoms with Crippen LogP contribution in [0.5, 0.6) is 0 Å². The molecule has 0 fully saturated rings. The number of rotatable bonds is 7. The Morgan fingerprint density at radius 2 is 1.62 bits per heavy atom. The van der Waals surface area contributed by atoms with Crippen LogP contribution in [-0.4, -0.2) is 17.6 Å². The monoisotopic (exact) mass is 424 g/mol. The molecule has 0 aliphatic carbocycles. The molecule has 0 spiro atoms. The van der Waals surface area contributed by atoms with E-state index in [0.717, 1.165) is 27.4 Å². The summed E-state index contributed by atoms with van der Waals surface area (Å²) in [6.07, 6.45) is 0.334. The minimum absolute atomic E-state index is 0.0622. The summed E-state index contributed by atoms with van der Waals surface area (Å²) in [4.78, 5) is 25.3. The zero-order valence-corrected chi connectivity index (χ0v) is 17.5. The molecule has 29 heavy (non-hydrogen) atoms. The average molecular weight is 425 g/mol. The Kier molecular flexibility index (Phi) is 7.33. The number of carbonyl (C=O) groups is 2. The van der Waals surface area contributed by atoms with Crippen LogP contribution in [0.25, 0.3) is 0 Å². The van der Waals surface area contributed by atoms with Gasteiger partial charge >= 0.3 is 0 Å². The molecular formula is C23H21ClN2O2S. The SMILES string of the molecule is Cc1ccc(Cl)cc1NC(=O)CSc1ccc(NC(=O)Cc2ccccc2)cc1. The Hall–Kier alpha value is -2.76. The Morgan fingerprint density at radius 1 is 0.897 bits per heavy atom. The normalized spacial score (nSPS) is 10.4. The molecule has 3 aromatic carbocycles. The average Bonchev–Trinajstić information content (AvgIpc) is 2.71. The minimum Gasteiger partial charge on any atom is -0.326 e. The van der Waals surface area contributed by atoms with E-state index in [-0.39, 0.29) is 17.6 Å². The number of carbonyl (C=O) groups excluding carboxylic acids is 2. The number of benzene rings is 3. The van der Waals surface area contributed by atoms with E-state index < -0.39 is 0 Å². The van der Waals surface area contributed by atoms with E-state index in [2.05, 4.69) is 10.6 Å². The van der Waals surface area contributed by atoms with Gasteiger partial charge in [0.2, 0.25) is 11.8 Å². The topological polar surface area (TPSA) is 58.2 Å². The molecule has 0 aromatic heterocycles. The number of nitrogens with one attached hydrogen (secondary N) is 2. The Labute approximate surface area is 179 Å². The highest BCUT2D eigenvalue weighted by atomic mass is 35.5. The maximum Gasteiger partial charge on any atom is 0.234 e. The molecule has 0 aliphatic heterocycles. The molecule has 3 aromatic rings. The van der Waals surface area contributed by atoms with E-state index in [1.807, 2.05) is 67.6 Å². The zero-order chi connectivity index (χ0) is 20.6. The van der Waals surface area contributed by atoms with E-state index in [9.17, 15) is 9.59 Å². The summed E-state index contributed by atoms with van der Waals surface area (Å²) < 4.78 is 0. The fourth-order valence-electron chi connectivity index (χ4n) is 2.68. The van der Waals surface area contributed by atoms with Crippen LogP contribution in [-0.2, 0) is 16.0 Å². The summed E-state index contributed by atoms with van der Waals surface area (Å²) in [5, 5.41) is 6.35. The van der Waals surface area contributed by atoms with Crippen LogP contribution >= 0.6 is 23.4 Å². The first-order valence-corrected chi connectivity index (χ1v) is 10.5. The predicted molar refractivity (Wildman–Crippen MR) is 121 cm³/mol. The van der Waals surface area contributed by atoms with Crippen molar-refractivity contribution < 1.29 is 9.59 Å². The van der Waals surface area contributed by atoms with Crippen LogP contribution in [0.1, 0.15) is 11.1 Å². The van der Waals surface area contributed by atoms with Crippen molar-refractivity contribution in [3.63, 3.8) is 0 Å². The molecule has 0 heterocycles. The maximum absolute atomic E-state index is 12.2. The lowest BCUT2D eigenvalue weighted by Crippen LogP contribution is -2.15. The minimum atomic E-state index is -0.0967. The lowest BCUT2D eigenvalue weighted by molar-refractivity contribution is -0.115. The summed E-state index contributed by atoms with van der Waals surface area (Å²) in [7, 11) is 0. The summed E-state index contributed by atoms with van der Waals surface area (Å²) in [6, 6.07) is 22.5. The quantitative estimate of drug-likeness (QED) is 0.488. The van der Waals surface area contributed by atoms with Gasteiger partial charge in [-0.1, -0.05) is 48.0 Å². The smallest absolute Gasteiger partial charge is 0.234 e.